The molecular weight excluding hydrogens is 503 g/mol. The average Bonchev–Trinajstić information content (AvgIpc) is 2.75. The molecule has 0 aromatic heterocycles. The summed E-state index contributed by atoms with van der Waals surface area (Å²) in [5.74, 6) is 0.708. The quantitative estimate of drug-likeness (QED) is 0.463. The van der Waals surface area contributed by atoms with Gasteiger partial charge in [0.05, 0.1) is 38.9 Å². The van der Waals surface area contributed by atoms with E-state index in [0.29, 0.717) is 11.6 Å². The maximum Gasteiger partial charge on any atom is 0.255 e. The predicted octanol–water partition coefficient (Wildman–Crippen LogP) is 1.17. The van der Waals surface area contributed by atoms with Gasteiger partial charge in [0.15, 0.2) is 0 Å². The van der Waals surface area contributed by atoms with Crippen LogP contribution in [0.3, 0.4) is 0 Å². The van der Waals surface area contributed by atoms with Crippen LogP contribution >= 0.6 is 0 Å². The van der Waals surface area contributed by atoms with Gasteiger partial charge < -0.3 is 43.3 Å². The van der Waals surface area contributed by atoms with E-state index in [-0.39, 0.29) is 36.5 Å². The Hall–Kier alpha value is -1.90. The molecule has 0 aliphatic carbocycles. The minimum atomic E-state index is -0.117. The van der Waals surface area contributed by atoms with Crippen molar-refractivity contribution >= 4 is 17.7 Å². The topological polar surface area (TPSA) is 47.6 Å². The van der Waals surface area contributed by atoms with Crippen LogP contribution in [-0.4, -0.2) is 50.3 Å². The van der Waals surface area contributed by atoms with Gasteiger partial charge in [0.2, 0.25) is 0 Å². The van der Waals surface area contributed by atoms with Crippen molar-refractivity contribution in [3.05, 3.63) is 64.7 Å². The number of quaternary nitrogens is 1. The molecule has 0 saturated carbocycles. The minimum Gasteiger partial charge on any atom is -1.00 e. The molecule has 6 heteroatoms. The third-order valence-corrected chi connectivity index (χ3v) is 6.15. The summed E-state index contributed by atoms with van der Waals surface area (Å²) in [7, 11) is 4.58. The fraction of sp³-hybridized carbons (Fsp3) is 0.400. The number of aryl methyl sites for hydroxylation is 1. The molecule has 5 nitrogen and oxygen atoms in total. The monoisotopic (exact) mass is 534 g/mol. The predicted molar refractivity (Wildman–Crippen MR) is 119 cm³/mol. The van der Waals surface area contributed by atoms with E-state index in [1.165, 1.54) is 5.56 Å². The number of amides is 1. The molecule has 31 heavy (non-hydrogen) atoms. The van der Waals surface area contributed by atoms with Crippen LogP contribution < -0.4 is 34.0 Å². The Balaban J connectivity index is 0.00000272. The highest BCUT2D eigenvalue weighted by atomic mass is 127. The van der Waals surface area contributed by atoms with Crippen LogP contribution in [0.25, 0.3) is 6.08 Å². The lowest BCUT2D eigenvalue weighted by molar-refractivity contribution is -0.929. The molecule has 2 aliphatic rings. The van der Waals surface area contributed by atoms with Crippen molar-refractivity contribution < 1.29 is 42.7 Å². The normalized spacial score (nSPS) is 16.4. The molecule has 4 rings (SSSR count). The number of rotatable bonds is 5. The maximum absolute atomic E-state index is 12.7. The minimum absolute atomic E-state index is 0. The van der Waals surface area contributed by atoms with Gasteiger partial charge in [-0.15, -0.1) is 0 Å². The molecular formula is C25H31IN2O3. The lowest BCUT2D eigenvalue weighted by Gasteiger charge is -2.40. The van der Waals surface area contributed by atoms with Crippen molar-refractivity contribution in [2.75, 3.05) is 39.2 Å². The van der Waals surface area contributed by atoms with Gasteiger partial charge in [-0.05, 0) is 37.3 Å². The van der Waals surface area contributed by atoms with Crippen molar-refractivity contribution in [1.29, 1.82) is 0 Å². The van der Waals surface area contributed by atoms with Gasteiger partial charge in [-0.25, -0.2) is 0 Å². The molecule has 2 aliphatic heterocycles. The maximum atomic E-state index is 12.7. The lowest BCUT2D eigenvalue weighted by Crippen LogP contribution is -3.00. The zero-order chi connectivity index (χ0) is 21.1. The van der Waals surface area contributed by atoms with Crippen LogP contribution in [0.15, 0.2) is 48.0 Å². The number of carbonyl (C=O) groups is 1. The summed E-state index contributed by atoms with van der Waals surface area (Å²) in [6.07, 6.45) is 4.14. The van der Waals surface area contributed by atoms with E-state index in [4.69, 9.17) is 9.47 Å². The fourth-order valence-electron chi connectivity index (χ4n) is 4.32. The summed E-state index contributed by atoms with van der Waals surface area (Å²) in [6.45, 7) is 5.01. The van der Waals surface area contributed by atoms with Crippen molar-refractivity contribution in [1.82, 2.24) is 0 Å². The van der Waals surface area contributed by atoms with Crippen molar-refractivity contribution in [3.8, 4) is 5.75 Å². The molecule has 0 atom stereocenters. The highest BCUT2D eigenvalue weighted by molar-refractivity contribution is 6.07. The molecule has 2 heterocycles. The van der Waals surface area contributed by atoms with Gasteiger partial charge in [0.1, 0.15) is 18.9 Å². The van der Waals surface area contributed by atoms with Gasteiger partial charge >= 0.3 is 0 Å². The second-order valence-electron chi connectivity index (χ2n) is 8.93. The summed E-state index contributed by atoms with van der Waals surface area (Å²) in [5, 5.41) is 3.00. The van der Waals surface area contributed by atoms with Gasteiger partial charge in [-0.1, -0.05) is 23.8 Å². The average molecular weight is 534 g/mol. The number of fused-ring (bicyclic) bond motifs is 1. The summed E-state index contributed by atoms with van der Waals surface area (Å²) >= 11 is 0. The first-order valence-corrected chi connectivity index (χ1v) is 10.7. The number of benzene rings is 2. The number of ether oxygens (including phenoxy) is 2. The zero-order valence-electron chi connectivity index (χ0n) is 18.5. The van der Waals surface area contributed by atoms with E-state index in [1.54, 1.807) is 0 Å². The lowest BCUT2D eigenvalue weighted by atomic mass is 10.0. The summed E-state index contributed by atoms with van der Waals surface area (Å²) in [6, 6.07) is 14.8. The number of hydrogen-bond donors (Lipinski definition) is 1. The van der Waals surface area contributed by atoms with Crippen LogP contribution in [0.4, 0.5) is 5.69 Å². The Morgan fingerprint density at radius 2 is 1.81 bits per heavy atom. The summed E-state index contributed by atoms with van der Waals surface area (Å²) in [4.78, 5) is 12.7. The molecule has 0 unspecified atom stereocenters. The molecule has 1 fully saturated rings. The number of nitrogens with zero attached hydrogens (tertiary/aromatic N) is 1. The van der Waals surface area contributed by atoms with E-state index in [1.807, 2.05) is 43.3 Å². The molecule has 1 N–H and O–H groups in total. The van der Waals surface area contributed by atoms with Crippen molar-refractivity contribution in [2.24, 2.45) is 0 Å². The van der Waals surface area contributed by atoms with E-state index >= 15 is 0 Å². The van der Waals surface area contributed by atoms with Gasteiger partial charge in [0, 0.05) is 29.7 Å². The largest absolute Gasteiger partial charge is 1.00 e. The summed E-state index contributed by atoms with van der Waals surface area (Å²) < 4.78 is 12.2. The van der Waals surface area contributed by atoms with Crippen LogP contribution in [0.1, 0.15) is 29.5 Å². The second kappa shape index (κ2) is 10.1. The van der Waals surface area contributed by atoms with Crippen molar-refractivity contribution in [2.45, 2.75) is 32.4 Å². The molecule has 0 radical (unpaired) electrons. The third kappa shape index (κ3) is 5.87. The number of nitrogens with one attached hydrogen (secondary N) is 1. The Morgan fingerprint density at radius 3 is 2.52 bits per heavy atom. The van der Waals surface area contributed by atoms with E-state index < -0.39 is 0 Å². The van der Waals surface area contributed by atoms with Crippen molar-refractivity contribution in [3.63, 3.8) is 0 Å². The van der Waals surface area contributed by atoms with E-state index in [2.05, 4.69) is 31.5 Å². The molecule has 0 bridgehead atoms. The molecule has 1 amide bonds. The van der Waals surface area contributed by atoms with Crippen LogP contribution in [0, 0.1) is 6.92 Å². The molecule has 2 aromatic rings. The van der Waals surface area contributed by atoms with E-state index in [0.717, 1.165) is 59.6 Å². The van der Waals surface area contributed by atoms with E-state index in [9.17, 15) is 4.79 Å². The van der Waals surface area contributed by atoms with Gasteiger partial charge in [-0.2, -0.15) is 0 Å². The van der Waals surface area contributed by atoms with Gasteiger partial charge in [-0.3, -0.25) is 4.79 Å². The molecule has 1 saturated heterocycles. The van der Waals surface area contributed by atoms with Gasteiger partial charge in [0.25, 0.3) is 5.91 Å². The smallest absolute Gasteiger partial charge is 0.255 e. The summed E-state index contributed by atoms with van der Waals surface area (Å²) in [5.41, 5.74) is 4.81. The number of carbonyl (C=O) groups excluding carboxylic acids is 1. The molecule has 166 valence electrons. The Bertz CT molecular complexity index is 948. The molecule has 0 spiro atoms. The SMILES string of the molecule is Cc1ccc2c(c1)C=C(C(=O)Nc1ccc(C[N+](C)(C)C3CCOCC3)cc1)CO2.[I-]. The first kappa shape index (κ1) is 23.8. The Morgan fingerprint density at radius 1 is 1.10 bits per heavy atom. The van der Waals surface area contributed by atoms with Crippen LogP contribution in [0.2, 0.25) is 0 Å². The fourth-order valence-corrected chi connectivity index (χ4v) is 4.32. The first-order valence-electron chi connectivity index (χ1n) is 10.7. The second-order valence-corrected chi connectivity index (χ2v) is 8.93. The zero-order valence-corrected chi connectivity index (χ0v) is 20.6. The highest BCUT2D eigenvalue weighted by Crippen LogP contribution is 2.28. The first-order chi connectivity index (χ1) is 14.4. The molecule has 2 aromatic carbocycles. The Kier molecular flexibility index (Phi) is 7.78. The number of halogens is 1. The third-order valence-electron chi connectivity index (χ3n) is 6.15. The Labute approximate surface area is 202 Å². The van der Waals surface area contributed by atoms with Crippen LogP contribution in [-0.2, 0) is 16.1 Å². The number of hydrogen-bond acceptors (Lipinski definition) is 3. The van der Waals surface area contributed by atoms with Crippen LogP contribution in [0.5, 0.6) is 5.75 Å². The highest BCUT2D eigenvalue weighted by Gasteiger charge is 2.30. The number of anilines is 1. The standard InChI is InChI=1S/C25H30N2O3.HI/c1-18-4-9-24-20(14-18)15-21(17-30-24)25(28)26-22-7-5-19(6-8-22)16-27(2,3)23-10-12-29-13-11-23;/h4-9,14-15,23H,10-13,16-17H2,1-3H3;1H.